The fourth-order valence-corrected chi connectivity index (χ4v) is 0.656. The second-order valence-corrected chi connectivity index (χ2v) is 4.66. The van der Waals surface area contributed by atoms with E-state index in [9.17, 15) is 0 Å². The molecule has 1 aromatic heterocycles. The first-order valence-corrected chi connectivity index (χ1v) is 5.93. The zero-order valence-electron chi connectivity index (χ0n) is 11.9. The molecule has 1 rings (SSSR count). The second-order valence-electron chi connectivity index (χ2n) is 4.66. The Balaban J connectivity index is 0. The summed E-state index contributed by atoms with van der Waals surface area (Å²) in [5.41, 5.74) is 0.177. The van der Waals surface area contributed by atoms with Crippen molar-refractivity contribution in [1.82, 2.24) is 9.55 Å². The molecule has 0 fully saturated rings. The van der Waals surface area contributed by atoms with Gasteiger partial charge in [-0.1, -0.05) is 26.7 Å². The van der Waals surface area contributed by atoms with E-state index in [1.54, 1.807) is 6.20 Å². The zero-order chi connectivity index (χ0) is 13.9. The summed E-state index contributed by atoms with van der Waals surface area (Å²) in [6.45, 7) is 11.9. The lowest BCUT2D eigenvalue weighted by Gasteiger charge is -2.19. The predicted octanol–water partition coefficient (Wildman–Crippen LogP) is 3.54. The van der Waals surface area contributed by atoms with Gasteiger partial charge in [0.15, 0.2) is 0 Å². The normalized spacial score (nSPS) is 9.53. The molecule has 0 aliphatic carbocycles. The predicted molar refractivity (Wildman–Crippen MR) is 71.1 cm³/mol. The Morgan fingerprint density at radius 3 is 1.82 bits per heavy atom. The van der Waals surface area contributed by atoms with Gasteiger partial charge in [0.05, 0.1) is 6.33 Å². The van der Waals surface area contributed by atoms with E-state index in [0.29, 0.717) is 0 Å². The highest BCUT2D eigenvalue weighted by atomic mass is 16.4. The summed E-state index contributed by atoms with van der Waals surface area (Å²) in [5, 5.41) is 7.42. The Morgan fingerprint density at radius 2 is 1.71 bits per heavy atom. The molecular weight excluding hydrogens is 216 g/mol. The summed E-state index contributed by atoms with van der Waals surface area (Å²) in [6.07, 6.45) is 8.24. The smallest absolute Gasteiger partial charge is 0.300 e. The molecule has 0 unspecified atom stereocenters. The molecule has 0 aliphatic rings. The molecule has 0 aromatic carbocycles. The second kappa shape index (κ2) is 9.87. The van der Waals surface area contributed by atoms with Crippen LogP contribution >= 0.6 is 0 Å². The van der Waals surface area contributed by atoms with Crippen LogP contribution in [-0.4, -0.2) is 20.6 Å². The number of hydrogen-bond donors (Lipinski definition) is 1. The molecule has 0 bridgehead atoms. The molecule has 0 aliphatic heterocycles. The van der Waals surface area contributed by atoms with Gasteiger partial charge in [0, 0.05) is 24.9 Å². The van der Waals surface area contributed by atoms with E-state index < -0.39 is 5.97 Å². The maximum absolute atomic E-state index is 9.00. The van der Waals surface area contributed by atoms with E-state index in [-0.39, 0.29) is 5.54 Å². The third kappa shape index (κ3) is 14.7. The van der Waals surface area contributed by atoms with Gasteiger partial charge in [-0.05, 0) is 20.8 Å². The summed E-state index contributed by atoms with van der Waals surface area (Å²) in [6, 6.07) is 0. The lowest BCUT2D eigenvalue weighted by atomic mass is 10.1. The van der Waals surface area contributed by atoms with Gasteiger partial charge in [-0.3, -0.25) is 4.79 Å². The maximum Gasteiger partial charge on any atom is 0.300 e. The van der Waals surface area contributed by atoms with E-state index in [1.807, 2.05) is 12.5 Å². The fraction of sp³-hybridized carbons (Fsp3) is 0.692. The van der Waals surface area contributed by atoms with Crippen molar-refractivity contribution in [2.24, 2.45) is 0 Å². The van der Waals surface area contributed by atoms with Gasteiger partial charge in [0.1, 0.15) is 0 Å². The van der Waals surface area contributed by atoms with E-state index >= 15 is 0 Å². The van der Waals surface area contributed by atoms with Crippen LogP contribution in [0.2, 0.25) is 0 Å². The Kier molecular flexibility index (Phi) is 10.5. The average molecular weight is 242 g/mol. The third-order valence-electron chi connectivity index (χ3n) is 1.78. The van der Waals surface area contributed by atoms with Gasteiger partial charge >= 0.3 is 0 Å². The molecule has 1 aromatic rings. The van der Waals surface area contributed by atoms with Crippen LogP contribution in [0.4, 0.5) is 0 Å². The number of carbonyl (C=O) groups is 1. The van der Waals surface area contributed by atoms with Gasteiger partial charge in [0.2, 0.25) is 0 Å². The van der Waals surface area contributed by atoms with E-state index in [0.717, 1.165) is 6.92 Å². The molecule has 17 heavy (non-hydrogen) atoms. The Bertz CT molecular complexity index is 268. The lowest BCUT2D eigenvalue weighted by Crippen LogP contribution is -2.19. The van der Waals surface area contributed by atoms with E-state index in [1.165, 1.54) is 12.8 Å². The molecule has 0 amide bonds. The highest BCUT2D eigenvalue weighted by Crippen LogP contribution is 2.11. The molecule has 1 N–H and O–H groups in total. The van der Waals surface area contributed by atoms with Crippen molar-refractivity contribution in [2.45, 2.75) is 59.9 Å². The van der Waals surface area contributed by atoms with Crippen LogP contribution in [0.25, 0.3) is 0 Å². The summed E-state index contributed by atoms with van der Waals surface area (Å²) >= 11 is 0. The van der Waals surface area contributed by atoms with Crippen LogP contribution in [-0.2, 0) is 10.3 Å². The van der Waals surface area contributed by atoms with Gasteiger partial charge in [-0.2, -0.15) is 0 Å². The monoisotopic (exact) mass is 242 g/mol. The third-order valence-corrected chi connectivity index (χ3v) is 1.78. The summed E-state index contributed by atoms with van der Waals surface area (Å²) in [5.74, 6) is -0.833. The number of aromatic nitrogens is 2. The topological polar surface area (TPSA) is 55.1 Å². The average Bonchev–Trinajstić information content (AvgIpc) is 2.69. The van der Waals surface area contributed by atoms with Gasteiger partial charge in [0.25, 0.3) is 5.97 Å². The Morgan fingerprint density at radius 1 is 1.29 bits per heavy atom. The zero-order valence-corrected chi connectivity index (χ0v) is 11.9. The van der Waals surface area contributed by atoms with Gasteiger partial charge in [-0.15, -0.1) is 0 Å². The van der Waals surface area contributed by atoms with Gasteiger partial charge in [-0.25, -0.2) is 4.98 Å². The quantitative estimate of drug-likeness (QED) is 0.819. The van der Waals surface area contributed by atoms with Crippen molar-refractivity contribution in [3.8, 4) is 0 Å². The molecule has 0 saturated carbocycles. The van der Waals surface area contributed by atoms with Crippen LogP contribution in [0.5, 0.6) is 0 Å². The first kappa shape index (κ1) is 18.1. The largest absolute Gasteiger partial charge is 0.481 e. The van der Waals surface area contributed by atoms with Crippen molar-refractivity contribution in [1.29, 1.82) is 0 Å². The fourth-order valence-electron chi connectivity index (χ4n) is 0.656. The van der Waals surface area contributed by atoms with Crippen molar-refractivity contribution >= 4 is 5.97 Å². The molecule has 0 saturated heterocycles. The van der Waals surface area contributed by atoms with Crippen LogP contribution in [0.1, 0.15) is 54.4 Å². The highest BCUT2D eigenvalue weighted by molar-refractivity contribution is 5.62. The first-order valence-electron chi connectivity index (χ1n) is 5.93. The van der Waals surface area contributed by atoms with Crippen molar-refractivity contribution in [3.63, 3.8) is 0 Å². The van der Waals surface area contributed by atoms with Crippen LogP contribution in [0.15, 0.2) is 18.7 Å². The molecule has 4 nitrogen and oxygen atoms in total. The standard InChI is InChI=1S/C7H12N2.C4H10.C2H4O2/c1-7(2,3)9-5-4-8-6-9;1-3-4-2;1-2(3)4/h4-6H,1-3H3;3-4H2,1-2H3;1H3,(H,3,4). The molecule has 0 spiro atoms. The molecule has 4 heteroatoms. The minimum Gasteiger partial charge on any atom is -0.481 e. The number of aliphatic carboxylic acids is 1. The number of unbranched alkanes of at least 4 members (excludes halogenated alkanes) is 1. The minimum atomic E-state index is -0.833. The van der Waals surface area contributed by atoms with Gasteiger partial charge < -0.3 is 9.67 Å². The van der Waals surface area contributed by atoms with Crippen molar-refractivity contribution in [3.05, 3.63) is 18.7 Å². The Hall–Kier alpha value is -1.32. The molecule has 100 valence electrons. The molecular formula is C13H26N2O2. The molecule has 0 radical (unpaired) electrons. The molecule has 1 heterocycles. The lowest BCUT2D eigenvalue weighted by molar-refractivity contribution is -0.134. The summed E-state index contributed by atoms with van der Waals surface area (Å²) in [4.78, 5) is 13.0. The summed E-state index contributed by atoms with van der Waals surface area (Å²) in [7, 11) is 0. The number of carboxylic acids is 1. The number of carboxylic acid groups (broad SMARTS) is 1. The minimum absolute atomic E-state index is 0.177. The number of imidazole rings is 1. The van der Waals surface area contributed by atoms with Crippen molar-refractivity contribution < 1.29 is 9.90 Å². The SMILES string of the molecule is CC(=O)O.CC(C)(C)n1ccnc1.CCCC. The molecule has 0 atom stereocenters. The first-order chi connectivity index (χ1) is 7.75. The maximum atomic E-state index is 9.00. The van der Waals surface area contributed by atoms with Crippen LogP contribution in [0, 0.1) is 0 Å². The summed E-state index contributed by atoms with van der Waals surface area (Å²) < 4.78 is 2.08. The number of hydrogen-bond acceptors (Lipinski definition) is 2. The highest BCUT2D eigenvalue weighted by Gasteiger charge is 2.09. The number of rotatable bonds is 1. The number of nitrogens with zero attached hydrogens (tertiary/aromatic N) is 2. The van der Waals surface area contributed by atoms with Crippen molar-refractivity contribution in [2.75, 3.05) is 0 Å². The van der Waals surface area contributed by atoms with Crippen LogP contribution < -0.4 is 0 Å². The van der Waals surface area contributed by atoms with Crippen LogP contribution in [0.3, 0.4) is 0 Å². The Labute approximate surface area is 105 Å². The van der Waals surface area contributed by atoms with E-state index in [2.05, 4.69) is 44.2 Å². The van der Waals surface area contributed by atoms with E-state index in [4.69, 9.17) is 9.90 Å².